The molecule has 0 unspecified atom stereocenters. The lowest BCUT2D eigenvalue weighted by molar-refractivity contribution is -0.138. The Bertz CT molecular complexity index is 314. The van der Waals surface area contributed by atoms with Crippen LogP contribution in [0.3, 0.4) is 0 Å². The second kappa shape index (κ2) is 7.30. The first kappa shape index (κ1) is 15.7. The number of carboxylic acid groups (broad SMARTS) is 1. The van der Waals surface area contributed by atoms with Crippen LogP contribution in [0.4, 0.5) is 4.79 Å². The fraction of sp³-hybridized carbons (Fsp3) is 0.833. The fourth-order valence-corrected chi connectivity index (χ4v) is 2.10. The largest absolute Gasteiger partial charge is 0.480 e. The molecule has 7 nitrogen and oxygen atoms in total. The van der Waals surface area contributed by atoms with E-state index in [1.54, 1.807) is 4.90 Å². The Hall–Kier alpha value is -1.34. The van der Waals surface area contributed by atoms with E-state index < -0.39 is 5.97 Å². The van der Waals surface area contributed by atoms with Crippen LogP contribution in [-0.4, -0.2) is 88.8 Å². The molecule has 2 amide bonds. The van der Waals surface area contributed by atoms with Gasteiger partial charge in [-0.15, -0.1) is 0 Å². The molecular formula is C12H23N3O4. The molecule has 0 aromatic heterocycles. The Morgan fingerprint density at radius 2 is 1.79 bits per heavy atom. The molecule has 1 fully saturated rings. The number of urea groups is 1. The lowest BCUT2D eigenvalue weighted by Gasteiger charge is -2.38. The van der Waals surface area contributed by atoms with Gasteiger partial charge >= 0.3 is 12.0 Å². The third-order valence-electron chi connectivity index (χ3n) is 3.23. The van der Waals surface area contributed by atoms with Gasteiger partial charge in [0, 0.05) is 38.8 Å². The van der Waals surface area contributed by atoms with Crippen LogP contribution in [0.15, 0.2) is 0 Å². The summed E-state index contributed by atoms with van der Waals surface area (Å²) in [6.07, 6.45) is 0. The second-order valence-corrected chi connectivity index (χ2v) is 4.95. The fourth-order valence-electron chi connectivity index (χ4n) is 2.10. The number of amides is 2. The smallest absolute Gasteiger partial charge is 0.323 e. The summed E-state index contributed by atoms with van der Waals surface area (Å²) in [6, 6.07) is -0.361. The van der Waals surface area contributed by atoms with E-state index in [4.69, 9.17) is 10.2 Å². The maximum atomic E-state index is 12.3. The lowest BCUT2D eigenvalue weighted by atomic mass is 10.3. The number of nitrogens with zero attached hydrogens (tertiary/aromatic N) is 3. The van der Waals surface area contributed by atoms with Gasteiger partial charge in [-0.25, -0.2) is 4.79 Å². The van der Waals surface area contributed by atoms with Crippen LogP contribution in [-0.2, 0) is 4.79 Å². The minimum atomic E-state index is -0.999. The van der Waals surface area contributed by atoms with Gasteiger partial charge in [-0.1, -0.05) is 0 Å². The molecule has 0 atom stereocenters. The summed E-state index contributed by atoms with van der Waals surface area (Å²) >= 11 is 0. The first-order valence-corrected chi connectivity index (χ1v) is 6.56. The van der Waals surface area contributed by atoms with Gasteiger partial charge in [0.2, 0.25) is 0 Å². The highest BCUT2D eigenvalue weighted by atomic mass is 16.4. The van der Waals surface area contributed by atoms with Crippen molar-refractivity contribution in [3.63, 3.8) is 0 Å². The normalized spacial score (nSPS) is 16.7. The van der Waals surface area contributed by atoms with Gasteiger partial charge in [0.05, 0.1) is 6.61 Å². The van der Waals surface area contributed by atoms with E-state index in [9.17, 15) is 9.59 Å². The van der Waals surface area contributed by atoms with E-state index in [0.29, 0.717) is 32.7 Å². The predicted molar refractivity (Wildman–Crippen MR) is 70.0 cm³/mol. The zero-order valence-electron chi connectivity index (χ0n) is 11.6. The molecule has 0 saturated carbocycles. The van der Waals surface area contributed by atoms with Gasteiger partial charge in [0.15, 0.2) is 0 Å². The van der Waals surface area contributed by atoms with Crippen LogP contribution >= 0.6 is 0 Å². The molecule has 0 aromatic carbocycles. The number of aliphatic hydroxyl groups excluding tert-OH is 1. The van der Waals surface area contributed by atoms with Crippen molar-refractivity contribution < 1.29 is 19.8 Å². The van der Waals surface area contributed by atoms with E-state index in [1.165, 1.54) is 4.90 Å². The molecule has 2 N–H and O–H groups in total. The summed E-state index contributed by atoms with van der Waals surface area (Å²) in [4.78, 5) is 28.2. The third-order valence-corrected chi connectivity index (χ3v) is 3.23. The van der Waals surface area contributed by atoms with Crippen LogP contribution in [0, 0.1) is 0 Å². The molecule has 1 saturated heterocycles. The van der Waals surface area contributed by atoms with Crippen molar-refractivity contribution in [1.29, 1.82) is 0 Å². The quantitative estimate of drug-likeness (QED) is 0.706. The van der Waals surface area contributed by atoms with Crippen LogP contribution in [0.5, 0.6) is 0 Å². The number of carbonyl (C=O) groups excluding carboxylic acids is 1. The van der Waals surface area contributed by atoms with Gasteiger partial charge < -0.3 is 20.0 Å². The Kier molecular flexibility index (Phi) is 6.04. The number of aliphatic carboxylic acids is 1. The van der Waals surface area contributed by atoms with Crippen molar-refractivity contribution in [2.24, 2.45) is 0 Å². The van der Waals surface area contributed by atoms with Gasteiger partial charge in [0.1, 0.15) is 6.54 Å². The summed E-state index contributed by atoms with van der Waals surface area (Å²) in [5.74, 6) is -0.999. The monoisotopic (exact) mass is 273 g/mol. The van der Waals surface area contributed by atoms with Crippen molar-refractivity contribution in [3.05, 3.63) is 0 Å². The van der Waals surface area contributed by atoms with Crippen molar-refractivity contribution in [1.82, 2.24) is 14.7 Å². The topological polar surface area (TPSA) is 84.3 Å². The minimum absolute atomic E-state index is 0.116. The summed E-state index contributed by atoms with van der Waals surface area (Å²) in [5, 5.41) is 17.7. The highest BCUT2D eigenvalue weighted by Crippen LogP contribution is 2.08. The summed E-state index contributed by atoms with van der Waals surface area (Å²) < 4.78 is 0. The van der Waals surface area contributed by atoms with E-state index in [0.717, 1.165) is 0 Å². The van der Waals surface area contributed by atoms with Crippen molar-refractivity contribution in [2.45, 2.75) is 19.9 Å². The average Bonchev–Trinajstić information content (AvgIpc) is 2.36. The molecular weight excluding hydrogens is 250 g/mol. The van der Waals surface area contributed by atoms with Crippen LogP contribution in [0.2, 0.25) is 0 Å². The summed E-state index contributed by atoms with van der Waals surface area (Å²) in [7, 11) is 0. The molecule has 7 heteroatoms. The van der Waals surface area contributed by atoms with Crippen molar-refractivity contribution in [2.75, 3.05) is 45.9 Å². The maximum absolute atomic E-state index is 12.3. The first-order valence-electron chi connectivity index (χ1n) is 6.56. The number of rotatable bonds is 5. The molecule has 110 valence electrons. The average molecular weight is 273 g/mol. The number of carboxylic acids is 1. The summed E-state index contributed by atoms with van der Waals surface area (Å²) in [5.41, 5.74) is 0. The van der Waals surface area contributed by atoms with Crippen LogP contribution < -0.4 is 0 Å². The molecule has 0 radical (unpaired) electrons. The highest BCUT2D eigenvalue weighted by molar-refractivity contribution is 5.80. The number of hydrogen-bond donors (Lipinski definition) is 2. The van der Waals surface area contributed by atoms with Gasteiger partial charge in [-0.3, -0.25) is 9.69 Å². The first-order chi connectivity index (χ1) is 8.95. The molecule has 0 aliphatic carbocycles. The van der Waals surface area contributed by atoms with Crippen molar-refractivity contribution in [3.8, 4) is 0 Å². The Morgan fingerprint density at radius 3 is 2.21 bits per heavy atom. The second-order valence-electron chi connectivity index (χ2n) is 4.95. The number of carbonyl (C=O) groups is 2. The number of hydrogen-bond acceptors (Lipinski definition) is 4. The van der Waals surface area contributed by atoms with Crippen LogP contribution in [0.25, 0.3) is 0 Å². The lowest BCUT2D eigenvalue weighted by Crippen LogP contribution is -2.55. The number of β-amino-alcohol motifs (C(OH)–C–C–N with tert-alkyl or cyclic N) is 1. The van der Waals surface area contributed by atoms with Crippen molar-refractivity contribution >= 4 is 12.0 Å². The molecule has 0 aromatic rings. The van der Waals surface area contributed by atoms with Gasteiger partial charge in [-0.2, -0.15) is 0 Å². The molecule has 1 heterocycles. The third kappa shape index (κ3) is 4.68. The summed E-state index contributed by atoms with van der Waals surface area (Å²) in [6.45, 7) is 6.65. The zero-order valence-corrected chi connectivity index (χ0v) is 11.6. The van der Waals surface area contributed by atoms with E-state index in [2.05, 4.69) is 4.90 Å². The zero-order chi connectivity index (χ0) is 14.4. The van der Waals surface area contributed by atoms with E-state index in [1.807, 2.05) is 13.8 Å². The Morgan fingerprint density at radius 1 is 1.21 bits per heavy atom. The van der Waals surface area contributed by atoms with Crippen LogP contribution in [0.1, 0.15) is 13.8 Å². The molecule has 1 rings (SSSR count). The maximum Gasteiger partial charge on any atom is 0.323 e. The Labute approximate surface area is 113 Å². The van der Waals surface area contributed by atoms with E-state index in [-0.39, 0.29) is 25.2 Å². The molecule has 19 heavy (non-hydrogen) atoms. The molecule has 1 aliphatic heterocycles. The minimum Gasteiger partial charge on any atom is -0.480 e. The molecule has 0 bridgehead atoms. The Balaban J connectivity index is 2.54. The van der Waals surface area contributed by atoms with Gasteiger partial charge in [-0.05, 0) is 13.8 Å². The van der Waals surface area contributed by atoms with Gasteiger partial charge in [0.25, 0.3) is 0 Å². The number of aliphatic hydroxyl groups is 1. The van der Waals surface area contributed by atoms with E-state index >= 15 is 0 Å². The number of piperazine rings is 1. The predicted octanol–water partition coefficient (Wildman–Crippen LogP) is -0.489. The standard InChI is InChI=1S/C12H23N3O4/c1-10(2)15(9-11(17)18)12(19)14-5-3-13(4-6-14)7-8-16/h10,16H,3-9H2,1-2H3,(H,17,18). The molecule has 1 aliphatic rings. The molecule has 0 spiro atoms. The SMILES string of the molecule is CC(C)N(CC(=O)O)C(=O)N1CCN(CCO)CC1. The highest BCUT2D eigenvalue weighted by Gasteiger charge is 2.27.